The van der Waals surface area contributed by atoms with Gasteiger partial charge >= 0.3 is 0 Å². The van der Waals surface area contributed by atoms with Crippen LogP contribution in [0.3, 0.4) is 0 Å². The van der Waals surface area contributed by atoms with Gasteiger partial charge in [-0.05, 0) is 36.8 Å². The number of benzene rings is 3. The minimum atomic E-state index is -0.247. The number of ether oxygens (including phenoxy) is 1. The first kappa shape index (κ1) is 21.4. The molecule has 1 N–H and O–H groups in total. The molecule has 0 spiro atoms. The van der Waals surface area contributed by atoms with Gasteiger partial charge in [0, 0.05) is 28.7 Å². The highest BCUT2D eigenvalue weighted by molar-refractivity contribution is 9.10. The summed E-state index contributed by atoms with van der Waals surface area (Å²) < 4.78 is 20.6. The van der Waals surface area contributed by atoms with E-state index in [9.17, 15) is 4.39 Å². The van der Waals surface area contributed by atoms with Crippen LogP contribution in [0.1, 0.15) is 22.3 Å². The van der Waals surface area contributed by atoms with Crippen molar-refractivity contribution in [3.8, 4) is 5.75 Å². The summed E-state index contributed by atoms with van der Waals surface area (Å²) in [5.41, 5.74) is 4.07. The van der Waals surface area contributed by atoms with Crippen LogP contribution in [0.25, 0.3) is 0 Å². The zero-order valence-electron chi connectivity index (χ0n) is 15.0. The van der Waals surface area contributed by atoms with Gasteiger partial charge < -0.3 is 10.1 Å². The van der Waals surface area contributed by atoms with Crippen LogP contribution in [0.2, 0.25) is 0 Å². The normalized spacial score (nSPS) is 10.3. The summed E-state index contributed by atoms with van der Waals surface area (Å²) >= 11 is 3.51. The van der Waals surface area contributed by atoms with Crippen molar-refractivity contribution in [1.29, 1.82) is 0 Å². The second-order valence-corrected chi connectivity index (χ2v) is 7.14. The first-order chi connectivity index (χ1) is 12.6. The molecule has 0 radical (unpaired) electrons. The number of hydrogen-bond donors (Lipinski definition) is 1. The Hall–Kier alpha value is -1.88. The van der Waals surface area contributed by atoms with Crippen molar-refractivity contribution in [2.75, 3.05) is 0 Å². The Kier molecular flexibility index (Phi) is 8.29. The van der Waals surface area contributed by atoms with Gasteiger partial charge in [-0.15, -0.1) is 12.4 Å². The van der Waals surface area contributed by atoms with Crippen LogP contribution in [-0.2, 0) is 19.7 Å². The van der Waals surface area contributed by atoms with Crippen LogP contribution in [-0.4, -0.2) is 0 Å². The maximum atomic E-state index is 13.8. The van der Waals surface area contributed by atoms with Gasteiger partial charge in [-0.25, -0.2) is 4.39 Å². The van der Waals surface area contributed by atoms with Gasteiger partial charge in [0.1, 0.15) is 18.2 Å². The van der Waals surface area contributed by atoms with Gasteiger partial charge in [0.05, 0.1) is 0 Å². The van der Waals surface area contributed by atoms with Gasteiger partial charge in [-0.1, -0.05) is 64.0 Å². The van der Waals surface area contributed by atoms with Crippen LogP contribution in [0, 0.1) is 12.7 Å². The lowest BCUT2D eigenvalue weighted by molar-refractivity contribution is 0.296. The van der Waals surface area contributed by atoms with Crippen molar-refractivity contribution in [3.63, 3.8) is 0 Å². The number of aryl methyl sites for hydroxylation is 1. The highest BCUT2D eigenvalue weighted by atomic mass is 79.9. The second-order valence-electron chi connectivity index (χ2n) is 6.22. The van der Waals surface area contributed by atoms with Crippen LogP contribution in [0.4, 0.5) is 4.39 Å². The van der Waals surface area contributed by atoms with E-state index in [1.165, 1.54) is 17.2 Å². The number of hydrogen-bond acceptors (Lipinski definition) is 2. The SMILES string of the molecule is Cc1ccc(CNCc2cc(Br)ccc2OCc2ccccc2F)cc1.Cl. The van der Waals surface area contributed by atoms with Crippen molar-refractivity contribution in [2.45, 2.75) is 26.6 Å². The lowest BCUT2D eigenvalue weighted by atomic mass is 10.1. The van der Waals surface area contributed by atoms with Gasteiger partial charge in [-0.2, -0.15) is 0 Å². The number of rotatable bonds is 7. The van der Waals surface area contributed by atoms with Gasteiger partial charge in [-0.3, -0.25) is 0 Å². The molecule has 27 heavy (non-hydrogen) atoms. The molecular weight excluding hydrogens is 429 g/mol. The predicted molar refractivity (Wildman–Crippen MR) is 114 cm³/mol. The summed E-state index contributed by atoms with van der Waals surface area (Å²) in [4.78, 5) is 0. The third-order valence-corrected chi connectivity index (χ3v) is 4.62. The first-order valence-corrected chi connectivity index (χ1v) is 9.32. The van der Waals surface area contributed by atoms with E-state index in [0.29, 0.717) is 12.1 Å². The molecule has 5 heteroatoms. The van der Waals surface area contributed by atoms with Crippen molar-refractivity contribution in [2.24, 2.45) is 0 Å². The lowest BCUT2D eigenvalue weighted by Crippen LogP contribution is -2.13. The van der Waals surface area contributed by atoms with Crippen LogP contribution < -0.4 is 10.1 Å². The fourth-order valence-corrected chi connectivity index (χ4v) is 3.05. The van der Waals surface area contributed by atoms with Crippen molar-refractivity contribution in [1.82, 2.24) is 5.32 Å². The third-order valence-electron chi connectivity index (χ3n) is 4.13. The van der Waals surface area contributed by atoms with E-state index in [1.54, 1.807) is 12.1 Å². The highest BCUT2D eigenvalue weighted by Crippen LogP contribution is 2.24. The fourth-order valence-electron chi connectivity index (χ4n) is 2.65. The van der Waals surface area contributed by atoms with Crippen molar-refractivity contribution >= 4 is 28.3 Å². The minimum Gasteiger partial charge on any atom is -0.488 e. The quantitative estimate of drug-likeness (QED) is 0.463. The molecule has 2 nitrogen and oxygen atoms in total. The predicted octanol–water partition coefficient (Wildman–Crippen LogP) is 6.19. The average Bonchev–Trinajstić information content (AvgIpc) is 2.64. The van der Waals surface area contributed by atoms with E-state index >= 15 is 0 Å². The van der Waals surface area contributed by atoms with Crippen LogP contribution >= 0.6 is 28.3 Å². The number of halogens is 3. The summed E-state index contributed by atoms with van der Waals surface area (Å²) in [7, 11) is 0. The highest BCUT2D eigenvalue weighted by Gasteiger charge is 2.07. The molecule has 0 heterocycles. The monoisotopic (exact) mass is 449 g/mol. The molecule has 0 aromatic heterocycles. The molecule has 0 bridgehead atoms. The minimum absolute atomic E-state index is 0. The number of nitrogens with one attached hydrogen (secondary N) is 1. The smallest absolute Gasteiger partial charge is 0.129 e. The summed E-state index contributed by atoms with van der Waals surface area (Å²) in [6, 6.07) is 21.0. The lowest BCUT2D eigenvalue weighted by Gasteiger charge is -2.13. The Labute approximate surface area is 174 Å². The molecule has 0 unspecified atom stereocenters. The Bertz CT molecular complexity index is 870. The van der Waals surface area contributed by atoms with Crippen LogP contribution in [0.15, 0.2) is 71.2 Å². The molecule has 0 saturated carbocycles. The molecular formula is C22H22BrClFNO. The average molecular weight is 451 g/mol. The van der Waals surface area contributed by atoms with E-state index in [-0.39, 0.29) is 24.8 Å². The van der Waals surface area contributed by atoms with E-state index < -0.39 is 0 Å². The Morgan fingerprint density at radius 1 is 0.926 bits per heavy atom. The molecule has 0 atom stereocenters. The van der Waals surface area contributed by atoms with Gasteiger partial charge in [0.15, 0.2) is 0 Å². The Morgan fingerprint density at radius 2 is 1.67 bits per heavy atom. The molecule has 0 fully saturated rings. The molecule has 3 rings (SSSR count). The molecule has 0 amide bonds. The van der Waals surface area contributed by atoms with E-state index in [0.717, 1.165) is 22.3 Å². The van der Waals surface area contributed by atoms with Crippen LogP contribution in [0.5, 0.6) is 5.75 Å². The van der Waals surface area contributed by atoms with Crippen molar-refractivity contribution in [3.05, 3.63) is 99.3 Å². The molecule has 0 aliphatic heterocycles. The van der Waals surface area contributed by atoms with E-state index in [4.69, 9.17) is 4.74 Å². The Morgan fingerprint density at radius 3 is 2.41 bits per heavy atom. The second kappa shape index (κ2) is 10.5. The molecule has 0 aliphatic rings. The summed E-state index contributed by atoms with van der Waals surface area (Å²) in [6.45, 7) is 3.73. The molecule has 0 aliphatic carbocycles. The third kappa shape index (κ3) is 6.35. The topological polar surface area (TPSA) is 21.3 Å². The maximum absolute atomic E-state index is 13.8. The Balaban J connectivity index is 0.00000261. The largest absolute Gasteiger partial charge is 0.488 e. The molecule has 142 valence electrons. The molecule has 3 aromatic carbocycles. The fraction of sp³-hybridized carbons (Fsp3) is 0.182. The van der Waals surface area contributed by atoms with Crippen molar-refractivity contribution < 1.29 is 9.13 Å². The first-order valence-electron chi connectivity index (χ1n) is 8.53. The standard InChI is InChI=1S/C22H21BrFNO.ClH/c1-16-6-8-17(9-7-16)13-25-14-19-12-20(23)10-11-22(19)26-15-18-4-2-3-5-21(18)24;/h2-12,25H,13-15H2,1H3;1H. The van der Waals surface area contributed by atoms with E-state index in [2.05, 4.69) is 52.4 Å². The summed E-state index contributed by atoms with van der Waals surface area (Å²) in [6.07, 6.45) is 0. The summed E-state index contributed by atoms with van der Waals surface area (Å²) in [5, 5.41) is 3.44. The summed E-state index contributed by atoms with van der Waals surface area (Å²) in [5.74, 6) is 0.511. The van der Waals surface area contributed by atoms with Gasteiger partial charge in [0.25, 0.3) is 0 Å². The zero-order valence-corrected chi connectivity index (χ0v) is 17.4. The molecule has 3 aromatic rings. The maximum Gasteiger partial charge on any atom is 0.129 e. The molecule has 0 saturated heterocycles. The van der Waals surface area contributed by atoms with E-state index in [1.807, 2.05) is 24.3 Å². The van der Waals surface area contributed by atoms with Gasteiger partial charge in [0.2, 0.25) is 0 Å². The zero-order chi connectivity index (χ0) is 18.4.